The maximum absolute atomic E-state index is 12.1. The van der Waals surface area contributed by atoms with Crippen molar-refractivity contribution in [3.8, 4) is 0 Å². The molecule has 2 atom stereocenters. The summed E-state index contributed by atoms with van der Waals surface area (Å²) in [6, 6.07) is 8.09. The molecule has 0 bridgehead atoms. The van der Waals surface area contributed by atoms with E-state index in [0.29, 0.717) is 5.92 Å². The molecule has 3 nitrogen and oxygen atoms in total. The Bertz CT molecular complexity index is 558. The number of hydrogen-bond donors (Lipinski definition) is 0. The van der Waals surface area contributed by atoms with Gasteiger partial charge in [0.05, 0.1) is 0 Å². The first kappa shape index (κ1) is 17.6. The van der Waals surface area contributed by atoms with Crippen molar-refractivity contribution in [3.63, 3.8) is 0 Å². The minimum absolute atomic E-state index is 0.0435. The van der Waals surface area contributed by atoms with Crippen LogP contribution in [0.5, 0.6) is 0 Å². The van der Waals surface area contributed by atoms with Crippen LogP contribution in [0, 0.1) is 11.3 Å². The van der Waals surface area contributed by atoms with Gasteiger partial charge in [0.25, 0.3) is 0 Å². The SMILES string of the molecule is CC1CC(OC(=O)/C=C/c2ccc(N(C)C)cc2)CC(C)(C)C1. The van der Waals surface area contributed by atoms with Gasteiger partial charge in [-0.25, -0.2) is 4.79 Å². The summed E-state index contributed by atoms with van der Waals surface area (Å²) in [5, 5.41) is 0. The fraction of sp³-hybridized carbons (Fsp3) is 0.550. The van der Waals surface area contributed by atoms with Gasteiger partial charge in [-0.3, -0.25) is 0 Å². The standard InChI is InChI=1S/C20H29NO2/c1-15-12-18(14-20(2,3)13-15)23-19(22)11-8-16-6-9-17(10-7-16)21(4)5/h6-11,15,18H,12-14H2,1-5H3/b11-8+. The molecule has 2 rings (SSSR count). The zero-order valence-corrected chi connectivity index (χ0v) is 15.0. The fourth-order valence-electron chi connectivity index (χ4n) is 3.60. The molecule has 0 heterocycles. The molecule has 1 saturated carbocycles. The highest BCUT2D eigenvalue weighted by atomic mass is 16.5. The van der Waals surface area contributed by atoms with Crippen LogP contribution in [0.3, 0.4) is 0 Å². The molecule has 1 fully saturated rings. The Kier molecular flexibility index (Phi) is 5.51. The summed E-state index contributed by atoms with van der Waals surface area (Å²) in [5.41, 5.74) is 2.40. The third kappa shape index (κ3) is 5.42. The molecule has 0 amide bonds. The van der Waals surface area contributed by atoms with E-state index in [2.05, 4.69) is 20.8 Å². The van der Waals surface area contributed by atoms with Crippen molar-refractivity contribution >= 4 is 17.7 Å². The smallest absolute Gasteiger partial charge is 0.331 e. The van der Waals surface area contributed by atoms with E-state index in [4.69, 9.17) is 4.74 Å². The molecular formula is C20H29NO2. The summed E-state index contributed by atoms with van der Waals surface area (Å²) in [6.45, 7) is 6.75. The second-order valence-electron chi connectivity index (χ2n) is 7.79. The normalized spacial score (nSPS) is 23.7. The Hall–Kier alpha value is -1.77. The number of ether oxygens (including phenoxy) is 1. The van der Waals surface area contributed by atoms with Crippen molar-refractivity contribution in [3.05, 3.63) is 35.9 Å². The summed E-state index contributed by atoms with van der Waals surface area (Å²) in [7, 11) is 4.02. The third-order valence-electron chi connectivity index (χ3n) is 4.45. The van der Waals surface area contributed by atoms with Crippen molar-refractivity contribution in [1.29, 1.82) is 0 Å². The number of benzene rings is 1. The Balaban J connectivity index is 1.91. The molecule has 0 aliphatic heterocycles. The van der Waals surface area contributed by atoms with Crippen molar-refractivity contribution in [2.24, 2.45) is 11.3 Å². The lowest BCUT2D eigenvalue weighted by atomic mass is 9.71. The molecule has 23 heavy (non-hydrogen) atoms. The summed E-state index contributed by atoms with van der Waals surface area (Å²) in [5.74, 6) is 0.371. The van der Waals surface area contributed by atoms with Gasteiger partial charge in [0.2, 0.25) is 0 Å². The van der Waals surface area contributed by atoms with Crippen LogP contribution >= 0.6 is 0 Å². The van der Waals surface area contributed by atoms with E-state index in [1.165, 1.54) is 12.5 Å². The molecule has 3 heteroatoms. The van der Waals surface area contributed by atoms with E-state index in [-0.39, 0.29) is 17.5 Å². The van der Waals surface area contributed by atoms with E-state index in [9.17, 15) is 4.79 Å². The minimum Gasteiger partial charge on any atom is -0.459 e. The number of esters is 1. The fourth-order valence-corrected chi connectivity index (χ4v) is 3.60. The predicted octanol–water partition coefficient (Wildman–Crippen LogP) is 4.52. The largest absolute Gasteiger partial charge is 0.459 e. The first-order valence-corrected chi connectivity index (χ1v) is 8.41. The molecule has 2 unspecified atom stereocenters. The van der Waals surface area contributed by atoms with Crippen LogP contribution in [-0.4, -0.2) is 26.2 Å². The Labute approximate surface area is 140 Å². The zero-order valence-electron chi connectivity index (χ0n) is 15.0. The number of carbonyl (C=O) groups is 1. The van der Waals surface area contributed by atoms with Crippen molar-refractivity contribution in [2.45, 2.75) is 46.1 Å². The van der Waals surface area contributed by atoms with Crippen LogP contribution in [0.4, 0.5) is 5.69 Å². The van der Waals surface area contributed by atoms with Gasteiger partial charge in [-0.2, -0.15) is 0 Å². The summed E-state index contributed by atoms with van der Waals surface area (Å²) in [4.78, 5) is 14.1. The van der Waals surface area contributed by atoms with Crippen LogP contribution in [0.2, 0.25) is 0 Å². The van der Waals surface area contributed by atoms with E-state index in [0.717, 1.165) is 24.1 Å². The number of nitrogens with zero attached hydrogens (tertiary/aromatic N) is 1. The van der Waals surface area contributed by atoms with Crippen molar-refractivity contribution in [1.82, 2.24) is 0 Å². The maximum atomic E-state index is 12.1. The highest BCUT2D eigenvalue weighted by Crippen LogP contribution is 2.39. The number of carbonyl (C=O) groups excluding carboxylic acids is 1. The molecule has 1 aliphatic carbocycles. The lowest BCUT2D eigenvalue weighted by Crippen LogP contribution is -2.33. The number of anilines is 1. The first-order chi connectivity index (χ1) is 10.7. The molecule has 0 spiro atoms. The molecule has 1 aromatic carbocycles. The quantitative estimate of drug-likeness (QED) is 0.604. The van der Waals surface area contributed by atoms with Crippen LogP contribution in [0.15, 0.2) is 30.3 Å². The molecule has 1 aromatic rings. The van der Waals surface area contributed by atoms with Gasteiger partial charge in [-0.1, -0.05) is 32.9 Å². The van der Waals surface area contributed by atoms with Gasteiger partial charge in [0.1, 0.15) is 6.10 Å². The Morgan fingerprint density at radius 2 is 1.87 bits per heavy atom. The molecular weight excluding hydrogens is 286 g/mol. The molecule has 0 N–H and O–H groups in total. The summed E-state index contributed by atoms with van der Waals surface area (Å²) in [6.07, 6.45) is 6.53. The van der Waals surface area contributed by atoms with Crippen LogP contribution < -0.4 is 4.90 Å². The first-order valence-electron chi connectivity index (χ1n) is 8.41. The Morgan fingerprint density at radius 1 is 1.22 bits per heavy atom. The van der Waals surface area contributed by atoms with Gasteiger partial charge in [-0.15, -0.1) is 0 Å². The van der Waals surface area contributed by atoms with Crippen molar-refractivity contribution in [2.75, 3.05) is 19.0 Å². The Morgan fingerprint density at radius 3 is 2.43 bits per heavy atom. The van der Waals surface area contributed by atoms with Gasteiger partial charge in [0, 0.05) is 25.9 Å². The second-order valence-corrected chi connectivity index (χ2v) is 7.79. The predicted molar refractivity (Wildman–Crippen MR) is 96.5 cm³/mol. The topological polar surface area (TPSA) is 29.5 Å². The average molecular weight is 315 g/mol. The van der Waals surface area contributed by atoms with Gasteiger partial charge < -0.3 is 9.64 Å². The highest BCUT2D eigenvalue weighted by molar-refractivity contribution is 5.87. The van der Waals surface area contributed by atoms with E-state index in [1.54, 1.807) is 0 Å². The summed E-state index contributed by atoms with van der Waals surface area (Å²) >= 11 is 0. The van der Waals surface area contributed by atoms with Crippen molar-refractivity contribution < 1.29 is 9.53 Å². The maximum Gasteiger partial charge on any atom is 0.331 e. The minimum atomic E-state index is -0.239. The average Bonchev–Trinajstić information content (AvgIpc) is 2.43. The van der Waals surface area contributed by atoms with Gasteiger partial charge in [-0.05, 0) is 54.4 Å². The van der Waals surface area contributed by atoms with E-state index < -0.39 is 0 Å². The number of rotatable bonds is 4. The molecule has 0 radical (unpaired) electrons. The van der Waals surface area contributed by atoms with E-state index in [1.807, 2.05) is 49.3 Å². The lowest BCUT2D eigenvalue weighted by molar-refractivity contribution is -0.147. The monoisotopic (exact) mass is 315 g/mol. The third-order valence-corrected chi connectivity index (χ3v) is 4.45. The summed E-state index contributed by atoms with van der Waals surface area (Å²) < 4.78 is 5.65. The van der Waals surface area contributed by atoms with Crippen LogP contribution in [0.1, 0.15) is 45.6 Å². The molecule has 1 aliphatic rings. The van der Waals surface area contributed by atoms with Crippen LogP contribution in [-0.2, 0) is 9.53 Å². The molecule has 0 saturated heterocycles. The number of hydrogen-bond acceptors (Lipinski definition) is 3. The molecule has 0 aromatic heterocycles. The van der Waals surface area contributed by atoms with Gasteiger partial charge in [0.15, 0.2) is 0 Å². The van der Waals surface area contributed by atoms with Gasteiger partial charge >= 0.3 is 5.97 Å². The molecule has 126 valence electrons. The zero-order chi connectivity index (χ0) is 17.0. The van der Waals surface area contributed by atoms with Crippen LogP contribution in [0.25, 0.3) is 6.08 Å². The highest BCUT2D eigenvalue weighted by Gasteiger charge is 2.33. The van der Waals surface area contributed by atoms with E-state index >= 15 is 0 Å². The second kappa shape index (κ2) is 7.20. The lowest BCUT2D eigenvalue weighted by Gasteiger charge is -2.38.